The summed E-state index contributed by atoms with van der Waals surface area (Å²) in [6.45, 7) is 8.66. The molecule has 0 radical (unpaired) electrons. The van der Waals surface area contributed by atoms with E-state index in [9.17, 15) is 4.79 Å². The van der Waals surface area contributed by atoms with Crippen LogP contribution < -0.4 is 4.74 Å². The Morgan fingerprint density at radius 2 is 1.96 bits per heavy atom. The molecule has 0 aliphatic carbocycles. The zero-order valence-electron chi connectivity index (χ0n) is 14.4. The van der Waals surface area contributed by atoms with Crippen molar-refractivity contribution < 1.29 is 9.53 Å². The second-order valence-corrected chi connectivity index (χ2v) is 6.65. The first-order valence-electron chi connectivity index (χ1n) is 8.06. The Labute approximate surface area is 138 Å². The molecule has 3 heteroatoms. The summed E-state index contributed by atoms with van der Waals surface area (Å²) in [6.07, 6.45) is 3.26. The number of Topliss-reactive ketones (excluding diaryl/α,β-unsaturated/α-hetero) is 1. The van der Waals surface area contributed by atoms with Gasteiger partial charge in [-0.2, -0.15) is 0 Å². The fourth-order valence-electron chi connectivity index (χ4n) is 2.52. The SMILES string of the molecule is Cc1ccc(C)c(OCCCC(C)(C)C(=O)c2ccccn2)c1. The lowest BCUT2D eigenvalue weighted by Crippen LogP contribution is -2.25. The number of hydrogen-bond acceptors (Lipinski definition) is 3. The van der Waals surface area contributed by atoms with Crippen molar-refractivity contribution in [3.05, 3.63) is 59.4 Å². The molecule has 0 atom stereocenters. The fourth-order valence-corrected chi connectivity index (χ4v) is 2.52. The molecular weight excluding hydrogens is 286 g/mol. The molecule has 2 rings (SSSR count). The van der Waals surface area contributed by atoms with Gasteiger partial charge in [0.25, 0.3) is 0 Å². The molecule has 0 N–H and O–H groups in total. The lowest BCUT2D eigenvalue weighted by atomic mass is 9.82. The quantitative estimate of drug-likeness (QED) is 0.546. The predicted octanol–water partition coefficient (Wildman–Crippen LogP) is 4.77. The summed E-state index contributed by atoms with van der Waals surface area (Å²) in [6, 6.07) is 11.6. The maximum atomic E-state index is 12.5. The van der Waals surface area contributed by atoms with Gasteiger partial charge in [-0.25, -0.2) is 0 Å². The van der Waals surface area contributed by atoms with Crippen LogP contribution in [0.1, 0.15) is 48.3 Å². The average Bonchev–Trinajstić information content (AvgIpc) is 2.54. The van der Waals surface area contributed by atoms with Crippen LogP contribution in [0, 0.1) is 19.3 Å². The van der Waals surface area contributed by atoms with Crippen LogP contribution in [0.15, 0.2) is 42.6 Å². The van der Waals surface area contributed by atoms with Crippen molar-refractivity contribution in [2.45, 2.75) is 40.5 Å². The second kappa shape index (κ2) is 7.40. The Kier molecular flexibility index (Phi) is 5.54. The molecule has 1 aromatic carbocycles. The molecule has 0 bridgehead atoms. The number of benzene rings is 1. The molecule has 1 heterocycles. The predicted molar refractivity (Wildman–Crippen MR) is 93.0 cm³/mol. The summed E-state index contributed by atoms with van der Waals surface area (Å²) in [5.41, 5.74) is 2.43. The van der Waals surface area contributed by atoms with Crippen LogP contribution in [-0.4, -0.2) is 17.4 Å². The highest BCUT2D eigenvalue weighted by Crippen LogP contribution is 2.27. The highest BCUT2D eigenvalue weighted by atomic mass is 16.5. The van der Waals surface area contributed by atoms with E-state index in [0.717, 1.165) is 24.2 Å². The third-order valence-corrected chi connectivity index (χ3v) is 4.06. The molecule has 0 unspecified atom stereocenters. The van der Waals surface area contributed by atoms with Gasteiger partial charge in [0, 0.05) is 11.6 Å². The maximum Gasteiger partial charge on any atom is 0.186 e. The third kappa shape index (κ3) is 4.65. The zero-order chi connectivity index (χ0) is 16.9. The Hall–Kier alpha value is -2.16. The monoisotopic (exact) mass is 311 g/mol. The molecule has 23 heavy (non-hydrogen) atoms. The number of aryl methyl sites for hydroxylation is 2. The lowest BCUT2D eigenvalue weighted by molar-refractivity contribution is 0.0812. The molecule has 0 amide bonds. The van der Waals surface area contributed by atoms with Crippen LogP contribution in [0.2, 0.25) is 0 Å². The maximum absolute atomic E-state index is 12.5. The first-order valence-corrected chi connectivity index (χ1v) is 8.06. The number of ketones is 1. The van der Waals surface area contributed by atoms with Gasteiger partial charge >= 0.3 is 0 Å². The summed E-state index contributed by atoms with van der Waals surface area (Å²) in [7, 11) is 0. The topological polar surface area (TPSA) is 39.2 Å². The molecule has 0 saturated heterocycles. The molecule has 0 fully saturated rings. The van der Waals surface area contributed by atoms with Crippen LogP contribution in [0.4, 0.5) is 0 Å². The van der Waals surface area contributed by atoms with Crippen molar-refractivity contribution >= 4 is 5.78 Å². The van der Waals surface area contributed by atoms with Gasteiger partial charge in [0.05, 0.1) is 6.61 Å². The van der Waals surface area contributed by atoms with Gasteiger partial charge in [0.1, 0.15) is 11.4 Å². The number of carbonyl (C=O) groups is 1. The number of aromatic nitrogens is 1. The molecular formula is C20H25NO2. The number of ether oxygens (including phenoxy) is 1. The van der Waals surface area contributed by atoms with Crippen LogP contribution in [0.25, 0.3) is 0 Å². The van der Waals surface area contributed by atoms with Crippen molar-refractivity contribution in [3.63, 3.8) is 0 Å². The van der Waals surface area contributed by atoms with E-state index in [2.05, 4.69) is 30.1 Å². The van der Waals surface area contributed by atoms with Gasteiger partial charge in [0.2, 0.25) is 0 Å². The Morgan fingerprint density at radius 1 is 1.17 bits per heavy atom. The molecule has 2 aromatic rings. The molecule has 0 saturated carbocycles. The van der Waals surface area contributed by atoms with Crippen molar-refractivity contribution in [2.75, 3.05) is 6.61 Å². The zero-order valence-corrected chi connectivity index (χ0v) is 14.4. The van der Waals surface area contributed by atoms with E-state index in [4.69, 9.17) is 4.74 Å². The number of rotatable bonds is 7. The van der Waals surface area contributed by atoms with Crippen LogP contribution >= 0.6 is 0 Å². The standard InChI is InChI=1S/C20H25NO2/c1-15-9-10-16(2)18(14-15)23-13-7-11-20(3,4)19(22)17-8-5-6-12-21-17/h5-6,8-10,12,14H,7,11,13H2,1-4H3. The first kappa shape index (κ1) is 17.2. The van der Waals surface area contributed by atoms with E-state index in [1.54, 1.807) is 12.3 Å². The average molecular weight is 311 g/mol. The van der Waals surface area contributed by atoms with E-state index in [1.165, 1.54) is 5.56 Å². The van der Waals surface area contributed by atoms with Crippen LogP contribution in [0.5, 0.6) is 5.75 Å². The summed E-state index contributed by atoms with van der Waals surface area (Å²) in [5.74, 6) is 1.02. The molecule has 122 valence electrons. The molecule has 0 spiro atoms. The molecule has 0 aliphatic heterocycles. The largest absolute Gasteiger partial charge is 0.493 e. The highest BCUT2D eigenvalue weighted by Gasteiger charge is 2.28. The first-order chi connectivity index (χ1) is 10.9. The summed E-state index contributed by atoms with van der Waals surface area (Å²) in [5, 5.41) is 0. The number of carbonyl (C=O) groups excluding carboxylic acids is 1. The number of hydrogen-bond donors (Lipinski definition) is 0. The van der Waals surface area contributed by atoms with E-state index >= 15 is 0 Å². The highest BCUT2D eigenvalue weighted by molar-refractivity contribution is 5.98. The van der Waals surface area contributed by atoms with E-state index in [-0.39, 0.29) is 5.78 Å². The van der Waals surface area contributed by atoms with Crippen LogP contribution in [0.3, 0.4) is 0 Å². The molecule has 3 nitrogen and oxygen atoms in total. The lowest BCUT2D eigenvalue weighted by Gasteiger charge is -2.22. The van der Waals surface area contributed by atoms with Gasteiger partial charge in [-0.1, -0.05) is 32.0 Å². The summed E-state index contributed by atoms with van der Waals surface area (Å²) in [4.78, 5) is 16.7. The molecule has 1 aromatic heterocycles. The van der Waals surface area contributed by atoms with Crippen molar-refractivity contribution in [3.8, 4) is 5.75 Å². The van der Waals surface area contributed by atoms with Gasteiger partial charge in [-0.3, -0.25) is 9.78 Å². The van der Waals surface area contributed by atoms with E-state index in [1.807, 2.05) is 32.9 Å². The number of pyridine rings is 1. The van der Waals surface area contributed by atoms with Crippen molar-refractivity contribution in [1.82, 2.24) is 4.98 Å². The van der Waals surface area contributed by atoms with Crippen molar-refractivity contribution in [2.24, 2.45) is 5.41 Å². The van der Waals surface area contributed by atoms with E-state index < -0.39 is 5.41 Å². The smallest absolute Gasteiger partial charge is 0.186 e. The van der Waals surface area contributed by atoms with Gasteiger partial charge in [-0.15, -0.1) is 0 Å². The Bertz CT molecular complexity index is 663. The van der Waals surface area contributed by atoms with Gasteiger partial charge in [-0.05, 0) is 56.0 Å². The normalized spacial score (nSPS) is 11.3. The minimum atomic E-state index is -0.431. The minimum Gasteiger partial charge on any atom is -0.493 e. The number of nitrogens with zero attached hydrogens (tertiary/aromatic N) is 1. The Morgan fingerprint density at radius 3 is 2.65 bits per heavy atom. The summed E-state index contributed by atoms with van der Waals surface area (Å²) < 4.78 is 5.87. The van der Waals surface area contributed by atoms with Gasteiger partial charge < -0.3 is 4.74 Å². The summed E-state index contributed by atoms with van der Waals surface area (Å²) >= 11 is 0. The van der Waals surface area contributed by atoms with E-state index in [0.29, 0.717) is 12.3 Å². The van der Waals surface area contributed by atoms with Crippen LogP contribution in [-0.2, 0) is 0 Å². The minimum absolute atomic E-state index is 0.0878. The van der Waals surface area contributed by atoms with Gasteiger partial charge in [0.15, 0.2) is 5.78 Å². The molecule has 0 aliphatic rings. The third-order valence-electron chi connectivity index (χ3n) is 4.06. The Balaban J connectivity index is 1.87. The van der Waals surface area contributed by atoms with Crippen molar-refractivity contribution in [1.29, 1.82) is 0 Å². The fraction of sp³-hybridized carbons (Fsp3) is 0.400. The second-order valence-electron chi connectivity index (χ2n) is 6.65.